The van der Waals surface area contributed by atoms with Gasteiger partial charge in [-0.1, -0.05) is 17.7 Å². The Kier molecular flexibility index (Phi) is 7.44. The lowest BCUT2D eigenvalue weighted by Gasteiger charge is -2.22. The molecular formula is C20H19ClFN3O5S2. The first-order valence-electron chi connectivity index (χ1n) is 9.40. The third-order valence-electron chi connectivity index (χ3n) is 4.95. The molecule has 3 rings (SSSR count). The standard InChI is InChI=1S/C20H19ClFN3O5S2/c1-13(24(11-26)12-27)14-2-4-18(16(22)10-14)25-8-6-17(20(25)28)23-32(29,30)9-7-15-3-5-19(21)31-15/h2-5,7,9-13,17,23H,6,8H2,1H3. The highest BCUT2D eigenvalue weighted by molar-refractivity contribution is 7.92. The molecule has 1 aromatic carbocycles. The fourth-order valence-corrected chi connectivity index (χ4v) is 5.29. The van der Waals surface area contributed by atoms with Gasteiger partial charge in [0.15, 0.2) is 0 Å². The van der Waals surface area contributed by atoms with Crippen LogP contribution in [0.1, 0.15) is 29.8 Å². The number of anilines is 1. The Balaban J connectivity index is 1.71. The minimum absolute atomic E-state index is 0.0137. The highest BCUT2D eigenvalue weighted by atomic mass is 35.5. The Labute approximate surface area is 193 Å². The van der Waals surface area contributed by atoms with Crippen LogP contribution in [0.2, 0.25) is 4.34 Å². The number of hydrogen-bond donors (Lipinski definition) is 1. The molecule has 32 heavy (non-hydrogen) atoms. The summed E-state index contributed by atoms with van der Waals surface area (Å²) in [6, 6.07) is 5.59. The largest absolute Gasteiger partial charge is 0.308 e. The van der Waals surface area contributed by atoms with Gasteiger partial charge in [-0.2, -0.15) is 4.72 Å². The number of carbonyl (C=O) groups excluding carboxylic acids is 3. The lowest BCUT2D eigenvalue weighted by molar-refractivity contribution is -0.131. The number of halogens is 2. The molecule has 2 atom stereocenters. The minimum atomic E-state index is -3.92. The molecule has 0 aliphatic carbocycles. The van der Waals surface area contributed by atoms with E-state index in [9.17, 15) is 27.2 Å². The first-order chi connectivity index (χ1) is 15.1. The summed E-state index contributed by atoms with van der Waals surface area (Å²) >= 11 is 7.02. The van der Waals surface area contributed by atoms with Crippen LogP contribution in [-0.4, -0.2) is 44.6 Å². The first-order valence-corrected chi connectivity index (χ1v) is 12.1. The number of rotatable bonds is 9. The van der Waals surface area contributed by atoms with Crippen LogP contribution in [0, 0.1) is 5.82 Å². The minimum Gasteiger partial charge on any atom is -0.308 e. The van der Waals surface area contributed by atoms with Crippen LogP contribution in [0.4, 0.5) is 10.1 Å². The van der Waals surface area contributed by atoms with E-state index in [2.05, 4.69) is 4.72 Å². The highest BCUT2D eigenvalue weighted by Crippen LogP contribution is 2.29. The molecule has 2 unspecified atom stereocenters. The Morgan fingerprint density at radius 1 is 1.28 bits per heavy atom. The summed E-state index contributed by atoms with van der Waals surface area (Å²) in [7, 11) is -3.92. The lowest BCUT2D eigenvalue weighted by atomic mass is 10.1. The summed E-state index contributed by atoms with van der Waals surface area (Å²) in [5.74, 6) is -1.30. The Morgan fingerprint density at radius 2 is 2.00 bits per heavy atom. The van der Waals surface area contributed by atoms with Gasteiger partial charge >= 0.3 is 0 Å². The maximum Gasteiger partial charge on any atom is 0.245 e. The third kappa shape index (κ3) is 5.41. The molecule has 1 N–H and O–H groups in total. The number of benzene rings is 1. The van der Waals surface area contributed by atoms with Gasteiger partial charge in [-0.15, -0.1) is 11.3 Å². The van der Waals surface area contributed by atoms with Gasteiger partial charge in [0.05, 0.1) is 16.1 Å². The van der Waals surface area contributed by atoms with Crippen molar-refractivity contribution in [1.82, 2.24) is 9.62 Å². The molecule has 1 saturated heterocycles. The molecule has 1 aliphatic rings. The molecule has 12 heteroatoms. The van der Waals surface area contributed by atoms with Crippen LogP contribution in [0.25, 0.3) is 6.08 Å². The van der Waals surface area contributed by atoms with Gasteiger partial charge in [0.25, 0.3) is 0 Å². The second-order valence-corrected chi connectivity index (χ2v) is 10.3. The number of thiophene rings is 1. The Hall–Kier alpha value is -2.60. The molecular weight excluding hydrogens is 481 g/mol. The van der Waals surface area contributed by atoms with E-state index in [1.807, 2.05) is 0 Å². The Bertz CT molecular complexity index is 1160. The quantitative estimate of drug-likeness (QED) is 0.534. The van der Waals surface area contributed by atoms with Crippen molar-refractivity contribution in [1.29, 1.82) is 0 Å². The molecule has 3 amide bonds. The number of nitrogens with one attached hydrogen (secondary N) is 1. The number of sulfonamides is 1. The van der Waals surface area contributed by atoms with E-state index >= 15 is 0 Å². The highest BCUT2D eigenvalue weighted by Gasteiger charge is 2.36. The molecule has 1 fully saturated rings. The van der Waals surface area contributed by atoms with E-state index in [0.29, 0.717) is 27.6 Å². The van der Waals surface area contributed by atoms with Crippen molar-refractivity contribution in [2.24, 2.45) is 0 Å². The van der Waals surface area contributed by atoms with Gasteiger partial charge in [0, 0.05) is 16.8 Å². The van der Waals surface area contributed by atoms with E-state index in [0.717, 1.165) is 21.3 Å². The van der Waals surface area contributed by atoms with Gasteiger partial charge < -0.3 is 4.90 Å². The SMILES string of the molecule is CC(c1ccc(N2CCC(NS(=O)(=O)C=Cc3ccc(Cl)s3)C2=O)c(F)c1)N(C=O)C=O. The molecule has 170 valence electrons. The molecule has 1 aliphatic heterocycles. The van der Waals surface area contributed by atoms with Crippen molar-refractivity contribution in [3.63, 3.8) is 0 Å². The molecule has 1 aromatic heterocycles. The topological polar surface area (TPSA) is 104 Å². The van der Waals surface area contributed by atoms with Crippen LogP contribution < -0.4 is 9.62 Å². The van der Waals surface area contributed by atoms with Gasteiger partial charge in [0.2, 0.25) is 28.8 Å². The summed E-state index contributed by atoms with van der Waals surface area (Å²) in [6.07, 6.45) is 2.22. The van der Waals surface area contributed by atoms with Crippen LogP contribution in [-0.2, 0) is 24.4 Å². The van der Waals surface area contributed by atoms with Gasteiger partial charge in [0.1, 0.15) is 11.9 Å². The van der Waals surface area contributed by atoms with E-state index in [-0.39, 0.29) is 18.7 Å². The summed E-state index contributed by atoms with van der Waals surface area (Å²) in [6.45, 7) is 1.68. The summed E-state index contributed by atoms with van der Waals surface area (Å²) in [5.41, 5.74) is 0.355. The van der Waals surface area contributed by atoms with Crippen molar-refractivity contribution in [2.45, 2.75) is 25.4 Å². The zero-order valence-electron chi connectivity index (χ0n) is 16.8. The molecule has 0 spiro atoms. The molecule has 0 saturated carbocycles. The fourth-order valence-electron chi connectivity index (χ4n) is 3.22. The normalized spacial score (nSPS) is 17.7. The molecule has 2 aromatic rings. The van der Waals surface area contributed by atoms with Gasteiger partial charge in [-0.25, -0.2) is 12.8 Å². The van der Waals surface area contributed by atoms with Gasteiger partial charge in [-0.05, 0) is 49.2 Å². The predicted octanol–water partition coefficient (Wildman–Crippen LogP) is 2.91. The lowest BCUT2D eigenvalue weighted by Crippen LogP contribution is -2.40. The van der Waals surface area contributed by atoms with Crippen molar-refractivity contribution < 1.29 is 27.2 Å². The molecule has 8 nitrogen and oxygen atoms in total. The van der Waals surface area contributed by atoms with Crippen molar-refractivity contribution in [3.05, 3.63) is 56.3 Å². The molecule has 2 heterocycles. The van der Waals surface area contributed by atoms with E-state index in [4.69, 9.17) is 11.6 Å². The maximum atomic E-state index is 14.7. The van der Waals surface area contributed by atoms with Crippen LogP contribution in [0.3, 0.4) is 0 Å². The second-order valence-electron chi connectivity index (χ2n) is 6.98. The van der Waals surface area contributed by atoms with Gasteiger partial charge in [-0.3, -0.25) is 19.3 Å². The predicted molar refractivity (Wildman–Crippen MR) is 120 cm³/mol. The number of nitrogens with zero attached hydrogens (tertiary/aromatic N) is 2. The van der Waals surface area contributed by atoms with E-state index < -0.39 is 33.8 Å². The number of carbonyl (C=O) groups is 3. The zero-order chi connectivity index (χ0) is 23.5. The van der Waals surface area contributed by atoms with Crippen molar-refractivity contribution in [2.75, 3.05) is 11.4 Å². The smallest absolute Gasteiger partial charge is 0.245 e. The molecule has 0 bridgehead atoms. The third-order valence-corrected chi connectivity index (χ3v) is 7.26. The number of hydrogen-bond acceptors (Lipinski definition) is 6. The second kappa shape index (κ2) is 9.90. The van der Waals surface area contributed by atoms with Crippen molar-refractivity contribution >= 4 is 63.5 Å². The maximum absolute atomic E-state index is 14.7. The van der Waals surface area contributed by atoms with Crippen LogP contribution in [0.15, 0.2) is 35.7 Å². The first kappa shape index (κ1) is 24.1. The summed E-state index contributed by atoms with van der Waals surface area (Å²) in [5, 5.41) is 0.952. The van der Waals surface area contributed by atoms with E-state index in [1.54, 1.807) is 19.1 Å². The molecule has 0 radical (unpaired) electrons. The Morgan fingerprint density at radius 3 is 2.59 bits per heavy atom. The number of imide groups is 1. The zero-order valence-corrected chi connectivity index (χ0v) is 19.2. The van der Waals surface area contributed by atoms with Crippen LogP contribution in [0.5, 0.6) is 0 Å². The number of amides is 3. The van der Waals surface area contributed by atoms with E-state index in [1.165, 1.54) is 29.5 Å². The fraction of sp³-hybridized carbons (Fsp3) is 0.250. The monoisotopic (exact) mass is 499 g/mol. The summed E-state index contributed by atoms with van der Waals surface area (Å²) < 4.78 is 42.2. The average Bonchev–Trinajstić information content (AvgIpc) is 3.33. The van der Waals surface area contributed by atoms with Crippen molar-refractivity contribution in [3.8, 4) is 0 Å². The van der Waals surface area contributed by atoms with Crippen LogP contribution >= 0.6 is 22.9 Å². The average molecular weight is 500 g/mol. The summed E-state index contributed by atoms with van der Waals surface area (Å²) in [4.78, 5) is 37.2.